The molecule has 45 heavy (non-hydrogen) atoms. The first-order valence-electron chi connectivity index (χ1n) is 15.8. The van der Waals surface area contributed by atoms with Crippen molar-refractivity contribution in [3.8, 4) is 17.3 Å². The molecule has 0 amide bonds. The van der Waals surface area contributed by atoms with Gasteiger partial charge in [0.2, 0.25) is 0 Å². The summed E-state index contributed by atoms with van der Waals surface area (Å²) in [6.45, 7) is 4.36. The van der Waals surface area contributed by atoms with Crippen molar-refractivity contribution in [1.29, 1.82) is 0 Å². The van der Waals surface area contributed by atoms with E-state index in [1.807, 2.05) is 19.1 Å². The third kappa shape index (κ3) is 4.74. The molecular formula is C34H34F4N6O. The molecule has 11 heteroatoms. The Bertz CT molecular complexity index is 1850. The van der Waals surface area contributed by atoms with Gasteiger partial charge in [0, 0.05) is 49.1 Å². The van der Waals surface area contributed by atoms with E-state index in [2.05, 4.69) is 25.1 Å². The Hall–Kier alpha value is -3.83. The first-order chi connectivity index (χ1) is 21.8. The van der Waals surface area contributed by atoms with Crippen LogP contribution in [0.4, 0.5) is 23.4 Å². The maximum Gasteiger partial charge on any atom is 0.319 e. The van der Waals surface area contributed by atoms with Crippen molar-refractivity contribution in [3.63, 3.8) is 0 Å². The number of benzene rings is 2. The SMILES string of the molecule is CCc1c(F)ccc2cccc(-c3ncc4c(N5CC6CCC(C5)N6)nc(OC[C@@]56CCCN5CC(=C(F)F)C6)nc4c3F)c12. The second kappa shape index (κ2) is 10.9. The van der Waals surface area contributed by atoms with Crippen molar-refractivity contribution in [3.05, 3.63) is 65.4 Å². The summed E-state index contributed by atoms with van der Waals surface area (Å²) in [5, 5.41) is 5.51. The molecule has 0 radical (unpaired) electrons. The molecule has 4 fully saturated rings. The van der Waals surface area contributed by atoms with E-state index >= 15 is 4.39 Å². The van der Waals surface area contributed by atoms with Gasteiger partial charge in [0.15, 0.2) is 5.82 Å². The highest BCUT2D eigenvalue weighted by Crippen LogP contribution is 2.43. The minimum atomic E-state index is -1.62. The van der Waals surface area contributed by atoms with E-state index in [4.69, 9.17) is 9.72 Å². The highest BCUT2D eigenvalue weighted by molar-refractivity contribution is 6.00. The monoisotopic (exact) mass is 618 g/mol. The van der Waals surface area contributed by atoms with Crippen molar-refractivity contribution in [2.75, 3.05) is 37.7 Å². The van der Waals surface area contributed by atoms with Gasteiger partial charge in [-0.25, -0.2) is 8.78 Å². The number of nitrogens with zero attached hydrogens (tertiary/aromatic N) is 5. The summed E-state index contributed by atoms with van der Waals surface area (Å²) in [5.74, 6) is -0.429. The van der Waals surface area contributed by atoms with Crippen molar-refractivity contribution < 1.29 is 22.3 Å². The fraction of sp³-hybridized carbons (Fsp3) is 0.441. The number of piperazine rings is 1. The Balaban J connectivity index is 1.25. The molecule has 0 spiro atoms. The van der Waals surface area contributed by atoms with Gasteiger partial charge < -0.3 is 15.0 Å². The molecule has 4 aliphatic rings. The topological polar surface area (TPSA) is 66.4 Å². The Labute approximate surface area is 258 Å². The van der Waals surface area contributed by atoms with Crippen LogP contribution in [0.25, 0.3) is 32.9 Å². The minimum absolute atomic E-state index is 0.0111. The van der Waals surface area contributed by atoms with Gasteiger partial charge in [-0.2, -0.15) is 18.7 Å². The van der Waals surface area contributed by atoms with Gasteiger partial charge in [-0.05, 0) is 67.5 Å². The summed E-state index contributed by atoms with van der Waals surface area (Å²) in [7, 11) is 0. The zero-order chi connectivity index (χ0) is 30.9. The zero-order valence-corrected chi connectivity index (χ0v) is 25.1. The maximum absolute atomic E-state index is 16.8. The van der Waals surface area contributed by atoms with Crippen molar-refractivity contribution in [1.82, 2.24) is 25.2 Å². The van der Waals surface area contributed by atoms with E-state index in [9.17, 15) is 13.2 Å². The van der Waals surface area contributed by atoms with Crippen LogP contribution in [-0.2, 0) is 6.42 Å². The molecular weight excluding hydrogens is 584 g/mol. The zero-order valence-electron chi connectivity index (χ0n) is 25.1. The molecule has 7 nitrogen and oxygen atoms in total. The van der Waals surface area contributed by atoms with Crippen LogP contribution in [0.1, 0.15) is 44.6 Å². The molecule has 2 bridgehead atoms. The number of aromatic nitrogens is 3. The maximum atomic E-state index is 16.8. The molecule has 2 aromatic carbocycles. The highest BCUT2D eigenvalue weighted by Gasteiger charge is 2.48. The summed E-state index contributed by atoms with van der Waals surface area (Å²) < 4.78 is 65.1. The third-order valence-corrected chi connectivity index (χ3v) is 10.3. The van der Waals surface area contributed by atoms with Crippen molar-refractivity contribution in [2.45, 2.75) is 63.1 Å². The first-order valence-corrected chi connectivity index (χ1v) is 15.8. The Kier molecular flexibility index (Phi) is 6.94. The molecule has 1 N–H and O–H groups in total. The lowest BCUT2D eigenvalue weighted by Crippen LogP contribution is -2.51. The van der Waals surface area contributed by atoms with Gasteiger partial charge in [-0.1, -0.05) is 31.2 Å². The van der Waals surface area contributed by atoms with Gasteiger partial charge in [-0.3, -0.25) is 9.88 Å². The largest absolute Gasteiger partial charge is 0.461 e. The number of halogens is 4. The van der Waals surface area contributed by atoms with E-state index < -0.39 is 17.4 Å². The number of anilines is 1. The average Bonchev–Trinajstić information content (AvgIpc) is 3.71. The first kappa shape index (κ1) is 28.6. The van der Waals surface area contributed by atoms with Gasteiger partial charge in [-0.15, -0.1) is 0 Å². The molecule has 4 aromatic rings. The normalized spacial score (nSPS) is 24.6. The predicted molar refractivity (Wildman–Crippen MR) is 165 cm³/mol. The van der Waals surface area contributed by atoms with Gasteiger partial charge in [0.25, 0.3) is 6.08 Å². The molecule has 3 atom stereocenters. The Morgan fingerprint density at radius 3 is 2.69 bits per heavy atom. The van der Waals surface area contributed by atoms with Crippen molar-refractivity contribution >= 4 is 27.5 Å². The molecule has 4 saturated heterocycles. The Morgan fingerprint density at radius 1 is 1.09 bits per heavy atom. The third-order valence-electron chi connectivity index (χ3n) is 10.3. The number of fused-ring (bicyclic) bond motifs is 5. The second-order valence-electron chi connectivity index (χ2n) is 12.9. The lowest BCUT2D eigenvalue weighted by molar-refractivity contribution is 0.108. The number of hydrogen-bond acceptors (Lipinski definition) is 7. The molecule has 2 aromatic heterocycles. The van der Waals surface area contributed by atoms with Crippen LogP contribution in [0.2, 0.25) is 0 Å². The van der Waals surface area contributed by atoms with E-state index in [1.165, 1.54) is 6.07 Å². The molecule has 0 aliphatic carbocycles. The smallest absolute Gasteiger partial charge is 0.319 e. The Morgan fingerprint density at radius 2 is 1.91 bits per heavy atom. The number of aryl methyl sites for hydroxylation is 1. The molecule has 2 unspecified atom stereocenters. The summed E-state index contributed by atoms with van der Waals surface area (Å²) in [5.41, 5.74) is 0.730. The van der Waals surface area contributed by atoms with Gasteiger partial charge >= 0.3 is 6.01 Å². The van der Waals surface area contributed by atoms with Crippen LogP contribution in [0.5, 0.6) is 6.01 Å². The number of hydrogen-bond donors (Lipinski definition) is 1. The molecule has 234 valence electrons. The summed E-state index contributed by atoms with van der Waals surface area (Å²) in [6.07, 6.45) is 4.39. The number of pyridine rings is 1. The standard InChI is InChI=1S/C34H34F4N6O/c1-2-23-26(35)10-7-19-5-3-6-24(27(19)23)29-28(36)30-25(14-39-29)32(43-16-21-8-9-22(17-43)40-21)42-33(41-30)45-18-34-11-4-12-44(34)15-20(13-34)31(37)38/h3,5-7,10,14,21-22,40H,2,4,8-9,11-13,15-18H2,1H3/t21?,22?,34-/m0/s1. The van der Waals surface area contributed by atoms with Gasteiger partial charge in [0.05, 0.1) is 10.9 Å². The summed E-state index contributed by atoms with van der Waals surface area (Å²) >= 11 is 0. The lowest BCUT2D eigenvalue weighted by atomic mass is 9.94. The fourth-order valence-electron chi connectivity index (χ4n) is 8.12. The second-order valence-corrected chi connectivity index (χ2v) is 12.9. The molecule has 8 rings (SSSR count). The summed E-state index contributed by atoms with van der Waals surface area (Å²) in [4.78, 5) is 18.2. The number of rotatable bonds is 6. The van der Waals surface area contributed by atoms with Gasteiger partial charge in [0.1, 0.15) is 29.5 Å². The van der Waals surface area contributed by atoms with E-state index in [0.29, 0.717) is 59.3 Å². The van der Waals surface area contributed by atoms with E-state index in [1.54, 1.807) is 18.3 Å². The van der Waals surface area contributed by atoms with E-state index in [-0.39, 0.29) is 48.2 Å². The summed E-state index contributed by atoms with van der Waals surface area (Å²) in [6, 6.07) is 9.21. The molecule has 4 aliphatic heterocycles. The number of nitrogens with one attached hydrogen (secondary N) is 1. The van der Waals surface area contributed by atoms with Crippen LogP contribution < -0.4 is 15.0 Å². The van der Waals surface area contributed by atoms with Crippen molar-refractivity contribution in [2.24, 2.45) is 0 Å². The van der Waals surface area contributed by atoms with Crippen LogP contribution in [-0.4, -0.2) is 70.3 Å². The lowest BCUT2D eigenvalue weighted by Gasteiger charge is -2.34. The fourth-order valence-corrected chi connectivity index (χ4v) is 8.12. The molecule has 0 saturated carbocycles. The van der Waals surface area contributed by atoms with E-state index in [0.717, 1.165) is 37.6 Å². The predicted octanol–water partition coefficient (Wildman–Crippen LogP) is 6.39. The van der Waals surface area contributed by atoms with Crippen LogP contribution in [0.15, 0.2) is 48.2 Å². The average molecular weight is 619 g/mol. The highest BCUT2D eigenvalue weighted by atomic mass is 19.3. The molecule has 6 heterocycles. The quantitative estimate of drug-likeness (QED) is 0.251. The minimum Gasteiger partial charge on any atom is -0.461 e. The van der Waals surface area contributed by atoms with Crippen LogP contribution >= 0.6 is 0 Å². The van der Waals surface area contributed by atoms with Crippen LogP contribution in [0, 0.1) is 11.6 Å². The van der Waals surface area contributed by atoms with Crippen LogP contribution in [0.3, 0.4) is 0 Å². The number of ether oxygens (including phenoxy) is 1.